The second-order valence-electron chi connectivity index (χ2n) is 8.47. The van der Waals surface area contributed by atoms with Gasteiger partial charge in [-0.15, -0.1) is 0 Å². The van der Waals surface area contributed by atoms with Gasteiger partial charge in [-0.05, 0) is 42.9 Å². The van der Waals surface area contributed by atoms with Gasteiger partial charge in [-0.2, -0.15) is 0 Å². The maximum atomic E-state index is 11.4. The van der Waals surface area contributed by atoms with Crippen molar-refractivity contribution in [1.82, 2.24) is 4.98 Å². The molecule has 0 saturated heterocycles. The number of benzene rings is 3. The lowest BCUT2D eigenvalue weighted by atomic mass is 9.89. The normalized spacial score (nSPS) is 18.0. The minimum atomic E-state index is -0.887. The molecular formula is C28H25NO3. The van der Waals surface area contributed by atoms with Crippen LogP contribution in [0.5, 0.6) is 0 Å². The molecule has 1 fully saturated rings. The largest absolute Gasteiger partial charge is 0.478 e. The van der Waals surface area contributed by atoms with Crippen molar-refractivity contribution in [3.05, 3.63) is 102 Å². The summed E-state index contributed by atoms with van der Waals surface area (Å²) in [6.45, 7) is 0. The molecule has 1 saturated carbocycles. The Labute approximate surface area is 187 Å². The van der Waals surface area contributed by atoms with Gasteiger partial charge in [-0.1, -0.05) is 79.2 Å². The molecule has 1 aliphatic rings. The van der Waals surface area contributed by atoms with E-state index in [-0.39, 0.29) is 5.92 Å². The third-order valence-corrected chi connectivity index (χ3v) is 6.38. The van der Waals surface area contributed by atoms with E-state index in [1.54, 1.807) is 12.1 Å². The highest BCUT2D eigenvalue weighted by molar-refractivity contribution is 5.87. The van der Waals surface area contributed by atoms with Crippen molar-refractivity contribution < 1.29 is 14.3 Å². The van der Waals surface area contributed by atoms with Crippen LogP contribution in [0.4, 0.5) is 0 Å². The summed E-state index contributed by atoms with van der Waals surface area (Å²) in [5.41, 5.74) is 4.34. The van der Waals surface area contributed by atoms with Crippen LogP contribution in [-0.4, -0.2) is 16.1 Å². The zero-order chi connectivity index (χ0) is 21.9. The van der Waals surface area contributed by atoms with Gasteiger partial charge in [-0.3, -0.25) is 0 Å². The van der Waals surface area contributed by atoms with Crippen molar-refractivity contribution in [2.45, 2.75) is 31.6 Å². The number of carboxylic acids is 1. The molecule has 0 unspecified atom stereocenters. The Morgan fingerprint density at radius 2 is 1.62 bits per heavy atom. The first kappa shape index (κ1) is 20.3. The zero-order valence-corrected chi connectivity index (χ0v) is 17.8. The number of oxazole rings is 1. The Morgan fingerprint density at radius 1 is 0.906 bits per heavy atom. The molecule has 0 amide bonds. The van der Waals surface area contributed by atoms with E-state index in [2.05, 4.69) is 24.3 Å². The molecule has 1 aliphatic carbocycles. The average molecular weight is 424 g/mol. The molecule has 2 atom stereocenters. The van der Waals surface area contributed by atoms with Crippen LogP contribution in [0.25, 0.3) is 22.6 Å². The number of rotatable bonds is 6. The SMILES string of the molecule is O=C(O)c1cccc(C[C@@H]2CCC[C@H]2c2nc(-c3ccccc3)c(-c3ccccc3)o2)c1. The number of nitrogens with zero attached hydrogens (tertiary/aromatic N) is 1. The number of aromatic carboxylic acids is 1. The number of aromatic nitrogens is 1. The number of hydrogen-bond donors (Lipinski definition) is 1. The van der Waals surface area contributed by atoms with E-state index in [9.17, 15) is 9.90 Å². The quantitative estimate of drug-likeness (QED) is 0.369. The first-order valence-electron chi connectivity index (χ1n) is 11.1. The summed E-state index contributed by atoms with van der Waals surface area (Å²) in [6.07, 6.45) is 4.07. The third-order valence-electron chi connectivity index (χ3n) is 6.38. The van der Waals surface area contributed by atoms with Gasteiger partial charge >= 0.3 is 5.97 Å². The highest BCUT2D eigenvalue weighted by atomic mass is 16.4. The fourth-order valence-electron chi connectivity index (χ4n) is 4.81. The van der Waals surface area contributed by atoms with E-state index in [1.807, 2.05) is 48.5 Å². The summed E-state index contributed by atoms with van der Waals surface area (Å²) in [5, 5.41) is 9.32. The van der Waals surface area contributed by atoms with Crippen LogP contribution >= 0.6 is 0 Å². The molecule has 4 aromatic rings. The average Bonchev–Trinajstić information content (AvgIpc) is 3.47. The smallest absolute Gasteiger partial charge is 0.335 e. The predicted octanol–water partition coefficient (Wildman–Crippen LogP) is 6.83. The van der Waals surface area contributed by atoms with Crippen LogP contribution in [0, 0.1) is 5.92 Å². The molecule has 160 valence electrons. The molecule has 0 aliphatic heterocycles. The molecule has 1 heterocycles. The van der Waals surface area contributed by atoms with Gasteiger partial charge in [0.25, 0.3) is 0 Å². The highest BCUT2D eigenvalue weighted by Gasteiger charge is 2.33. The van der Waals surface area contributed by atoms with Crippen molar-refractivity contribution in [2.75, 3.05) is 0 Å². The first-order valence-corrected chi connectivity index (χ1v) is 11.1. The molecule has 0 radical (unpaired) electrons. The summed E-state index contributed by atoms with van der Waals surface area (Å²) >= 11 is 0. The van der Waals surface area contributed by atoms with Gasteiger partial charge < -0.3 is 9.52 Å². The van der Waals surface area contributed by atoms with Crippen LogP contribution in [0.3, 0.4) is 0 Å². The van der Waals surface area contributed by atoms with Crippen LogP contribution in [0.1, 0.15) is 47.0 Å². The molecule has 0 bridgehead atoms. The minimum Gasteiger partial charge on any atom is -0.478 e. The lowest BCUT2D eigenvalue weighted by molar-refractivity contribution is 0.0696. The van der Waals surface area contributed by atoms with E-state index in [4.69, 9.17) is 9.40 Å². The van der Waals surface area contributed by atoms with Gasteiger partial charge in [0.2, 0.25) is 0 Å². The Morgan fingerprint density at radius 3 is 2.34 bits per heavy atom. The van der Waals surface area contributed by atoms with Crippen LogP contribution in [-0.2, 0) is 6.42 Å². The lowest BCUT2D eigenvalue weighted by Crippen LogP contribution is -2.10. The molecule has 32 heavy (non-hydrogen) atoms. The van der Waals surface area contributed by atoms with Gasteiger partial charge in [0, 0.05) is 17.0 Å². The summed E-state index contributed by atoms with van der Waals surface area (Å²) in [7, 11) is 0. The molecule has 0 spiro atoms. The van der Waals surface area contributed by atoms with Crippen LogP contribution < -0.4 is 0 Å². The Hall–Kier alpha value is -3.66. The van der Waals surface area contributed by atoms with Gasteiger partial charge in [-0.25, -0.2) is 9.78 Å². The summed E-state index contributed by atoms with van der Waals surface area (Å²) < 4.78 is 6.46. The van der Waals surface area contributed by atoms with Crippen LogP contribution in [0.2, 0.25) is 0 Å². The molecule has 4 heteroatoms. The molecule has 3 aromatic carbocycles. The van der Waals surface area contributed by atoms with Gasteiger partial charge in [0.15, 0.2) is 11.7 Å². The Balaban J connectivity index is 1.49. The zero-order valence-electron chi connectivity index (χ0n) is 17.8. The Bertz CT molecular complexity index is 1160. The highest BCUT2D eigenvalue weighted by Crippen LogP contribution is 2.44. The fourth-order valence-corrected chi connectivity index (χ4v) is 4.81. The summed E-state index contributed by atoms with van der Waals surface area (Å²) in [5.74, 6) is 1.32. The number of hydrogen-bond acceptors (Lipinski definition) is 3. The van der Waals surface area contributed by atoms with Gasteiger partial charge in [0.05, 0.1) is 5.56 Å². The second kappa shape index (κ2) is 8.83. The van der Waals surface area contributed by atoms with E-state index in [0.29, 0.717) is 11.5 Å². The first-order chi connectivity index (χ1) is 15.7. The second-order valence-corrected chi connectivity index (χ2v) is 8.47. The lowest BCUT2D eigenvalue weighted by Gasteiger charge is -2.17. The summed E-state index contributed by atoms with van der Waals surface area (Å²) in [6, 6.07) is 27.6. The number of carbonyl (C=O) groups is 1. The molecule has 5 rings (SSSR count). The fraction of sp³-hybridized carbons (Fsp3) is 0.214. The molecule has 1 aromatic heterocycles. The molecule has 1 N–H and O–H groups in total. The van der Waals surface area contributed by atoms with E-state index >= 15 is 0 Å². The van der Waals surface area contributed by atoms with Crippen molar-refractivity contribution in [3.63, 3.8) is 0 Å². The van der Waals surface area contributed by atoms with Crippen molar-refractivity contribution >= 4 is 5.97 Å². The molecule has 4 nitrogen and oxygen atoms in total. The van der Waals surface area contributed by atoms with E-state index in [1.165, 1.54) is 0 Å². The van der Waals surface area contributed by atoms with Crippen molar-refractivity contribution in [1.29, 1.82) is 0 Å². The van der Waals surface area contributed by atoms with Crippen molar-refractivity contribution in [3.8, 4) is 22.6 Å². The maximum absolute atomic E-state index is 11.4. The van der Waals surface area contributed by atoms with E-state index < -0.39 is 5.97 Å². The predicted molar refractivity (Wildman–Crippen MR) is 125 cm³/mol. The maximum Gasteiger partial charge on any atom is 0.335 e. The van der Waals surface area contributed by atoms with Crippen LogP contribution in [0.15, 0.2) is 89.3 Å². The Kier molecular flexibility index (Phi) is 5.59. The third kappa shape index (κ3) is 4.09. The van der Waals surface area contributed by atoms with Crippen molar-refractivity contribution in [2.24, 2.45) is 5.92 Å². The standard InChI is InChI=1S/C28H25NO3/c30-28(31)23-15-7-9-19(18-23)17-22-14-8-16-24(22)27-29-25(20-10-3-1-4-11-20)26(32-27)21-12-5-2-6-13-21/h1-7,9-13,15,18,22,24H,8,14,16-17H2,(H,30,31)/t22-,24+/m0/s1. The number of carboxylic acid groups (broad SMARTS) is 1. The minimum absolute atomic E-state index is 0.225. The monoisotopic (exact) mass is 423 g/mol. The summed E-state index contributed by atoms with van der Waals surface area (Å²) in [4.78, 5) is 16.4. The topological polar surface area (TPSA) is 63.3 Å². The van der Waals surface area contributed by atoms with E-state index in [0.717, 1.165) is 59.7 Å². The molecular weight excluding hydrogens is 398 g/mol. The van der Waals surface area contributed by atoms with Gasteiger partial charge in [0.1, 0.15) is 5.69 Å².